The third-order valence-corrected chi connectivity index (χ3v) is 2.89. The Hall–Kier alpha value is -3.16. The molecule has 0 spiro atoms. The van der Waals surface area contributed by atoms with Crippen LogP contribution in [-0.4, -0.2) is 32.7 Å². The van der Waals surface area contributed by atoms with Crippen LogP contribution >= 0.6 is 0 Å². The fourth-order valence-electron chi connectivity index (χ4n) is 1.90. The molecule has 0 saturated heterocycles. The third-order valence-electron chi connectivity index (χ3n) is 2.89. The van der Waals surface area contributed by atoms with Crippen molar-refractivity contribution in [2.75, 3.05) is 13.2 Å². The van der Waals surface area contributed by atoms with E-state index >= 15 is 0 Å². The number of aromatic nitrogens is 3. The minimum atomic E-state index is -0.467. The van der Waals surface area contributed by atoms with Gasteiger partial charge in [0.2, 0.25) is 0 Å². The van der Waals surface area contributed by atoms with E-state index in [1.165, 1.54) is 12.1 Å². The van der Waals surface area contributed by atoms with E-state index in [1.54, 1.807) is 22.7 Å². The van der Waals surface area contributed by atoms with Crippen molar-refractivity contribution in [2.24, 2.45) is 0 Å². The molecule has 0 unspecified atom stereocenters. The Morgan fingerprint density at radius 2 is 1.95 bits per heavy atom. The number of benzene rings is 1. The number of nitro benzene ring substituents is 1. The van der Waals surface area contributed by atoms with Crippen molar-refractivity contribution in [2.45, 2.75) is 0 Å². The zero-order valence-electron chi connectivity index (χ0n) is 11.5. The first-order chi connectivity index (χ1) is 10.7. The van der Waals surface area contributed by atoms with Crippen LogP contribution in [-0.2, 0) is 0 Å². The zero-order valence-corrected chi connectivity index (χ0v) is 11.5. The molecule has 2 heterocycles. The van der Waals surface area contributed by atoms with E-state index in [-0.39, 0.29) is 18.9 Å². The second-order valence-electron chi connectivity index (χ2n) is 4.36. The molecule has 3 aromatic rings. The molecule has 8 heteroatoms. The maximum atomic E-state index is 10.7. The van der Waals surface area contributed by atoms with Gasteiger partial charge in [0.15, 0.2) is 5.65 Å². The summed E-state index contributed by atoms with van der Waals surface area (Å²) in [5.74, 6) is 0.420. The summed E-state index contributed by atoms with van der Waals surface area (Å²) in [5.41, 5.74) is 0.680. The average Bonchev–Trinajstić information content (AvgIpc) is 2.95. The third kappa shape index (κ3) is 2.95. The molecule has 1 aromatic carbocycles. The van der Waals surface area contributed by atoms with Gasteiger partial charge in [-0.05, 0) is 18.2 Å². The van der Waals surface area contributed by atoms with Crippen molar-refractivity contribution >= 4 is 11.3 Å². The Balaban J connectivity index is 1.55. The van der Waals surface area contributed by atoms with Crippen molar-refractivity contribution < 1.29 is 14.4 Å². The second kappa shape index (κ2) is 6.08. The molecule has 22 heavy (non-hydrogen) atoms. The van der Waals surface area contributed by atoms with Crippen molar-refractivity contribution in [1.82, 2.24) is 14.6 Å². The number of fused-ring (bicyclic) bond motifs is 1. The lowest BCUT2D eigenvalue weighted by Crippen LogP contribution is -2.10. The fourth-order valence-corrected chi connectivity index (χ4v) is 1.90. The summed E-state index contributed by atoms with van der Waals surface area (Å²) >= 11 is 0. The van der Waals surface area contributed by atoms with E-state index in [0.29, 0.717) is 17.4 Å². The Morgan fingerprint density at radius 3 is 2.82 bits per heavy atom. The van der Waals surface area contributed by atoms with Gasteiger partial charge in [0, 0.05) is 12.3 Å². The number of hydrogen-bond donors (Lipinski definition) is 0. The largest absolute Gasteiger partial charge is 0.490 e. The predicted octanol–water partition coefficient (Wildman–Crippen LogP) is 2.10. The SMILES string of the molecule is O=[N+]([O-])c1cccc(OCCOc2nnc3ccccn23)c1. The summed E-state index contributed by atoms with van der Waals surface area (Å²) in [6.07, 6.45) is 1.80. The number of non-ortho nitro benzene ring substituents is 1. The van der Waals surface area contributed by atoms with Gasteiger partial charge in [-0.3, -0.25) is 14.5 Å². The highest BCUT2D eigenvalue weighted by Crippen LogP contribution is 2.19. The van der Waals surface area contributed by atoms with Crippen LogP contribution in [0.25, 0.3) is 5.65 Å². The molecule has 2 aromatic heterocycles. The van der Waals surface area contributed by atoms with Crippen molar-refractivity contribution in [1.29, 1.82) is 0 Å². The standard InChI is InChI=1S/C14H12N4O4/c19-18(20)11-4-3-5-12(10-11)21-8-9-22-14-16-15-13-6-1-2-7-17(13)14/h1-7,10H,8-9H2. The Labute approximate surface area is 125 Å². The van der Waals surface area contributed by atoms with Crippen LogP contribution < -0.4 is 9.47 Å². The van der Waals surface area contributed by atoms with Crippen molar-refractivity contribution in [3.05, 3.63) is 58.8 Å². The number of rotatable bonds is 6. The highest BCUT2D eigenvalue weighted by atomic mass is 16.6. The van der Waals surface area contributed by atoms with E-state index in [1.807, 2.05) is 18.2 Å². The van der Waals surface area contributed by atoms with E-state index in [4.69, 9.17) is 9.47 Å². The lowest BCUT2D eigenvalue weighted by atomic mass is 10.3. The van der Waals surface area contributed by atoms with E-state index in [2.05, 4.69) is 10.2 Å². The molecule has 0 aliphatic rings. The molecule has 0 N–H and O–H groups in total. The molecule has 0 radical (unpaired) electrons. The van der Waals surface area contributed by atoms with Gasteiger partial charge < -0.3 is 9.47 Å². The highest BCUT2D eigenvalue weighted by molar-refractivity contribution is 5.39. The first-order valence-corrected chi connectivity index (χ1v) is 6.54. The van der Waals surface area contributed by atoms with E-state index in [0.717, 1.165) is 0 Å². The molecule has 0 fully saturated rings. The number of pyridine rings is 1. The van der Waals surface area contributed by atoms with Crippen LogP contribution in [0.4, 0.5) is 5.69 Å². The molecule has 3 rings (SSSR count). The minimum Gasteiger partial charge on any atom is -0.490 e. The van der Waals surface area contributed by atoms with E-state index in [9.17, 15) is 10.1 Å². The normalized spacial score (nSPS) is 10.5. The average molecular weight is 300 g/mol. The summed E-state index contributed by atoms with van der Waals surface area (Å²) in [5, 5.41) is 18.6. The molecule has 8 nitrogen and oxygen atoms in total. The maximum absolute atomic E-state index is 10.7. The summed E-state index contributed by atoms with van der Waals surface area (Å²) in [6, 6.07) is 11.9. The van der Waals surface area contributed by atoms with Gasteiger partial charge in [0.05, 0.1) is 11.0 Å². The van der Waals surface area contributed by atoms with Crippen LogP contribution in [0, 0.1) is 10.1 Å². The van der Waals surface area contributed by atoms with Gasteiger partial charge in [0.25, 0.3) is 5.69 Å². The van der Waals surface area contributed by atoms with Gasteiger partial charge in [-0.1, -0.05) is 17.2 Å². The Kier molecular flexibility index (Phi) is 3.82. The van der Waals surface area contributed by atoms with Crippen LogP contribution in [0.3, 0.4) is 0 Å². The molecular formula is C14H12N4O4. The van der Waals surface area contributed by atoms with Crippen molar-refractivity contribution in [3.8, 4) is 11.8 Å². The van der Waals surface area contributed by atoms with Crippen molar-refractivity contribution in [3.63, 3.8) is 0 Å². The van der Waals surface area contributed by atoms with Crippen LogP contribution in [0.5, 0.6) is 11.8 Å². The Morgan fingerprint density at radius 1 is 1.09 bits per heavy atom. The summed E-state index contributed by atoms with van der Waals surface area (Å²) in [6.45, 7) is 0.487. The van der Waals surface area contributed by atoms with Crippen LogP contribution in [0.15, 0.2) is 48.7 Å². The molecule has 112 valence electrons. The van der Waals surface area contributed by atoms with E-state index < -0.39 is 4.92 Å². The number of ether oxygens (including phenoxy) is 2. The topological polar surface area (TPSA) is 91.8 Å². The zero-order chi connectivity index (χ0) is 15.4. The molecule has 0 saturated carbocycles. The molecule has 0 aliphatic carbocycles. The molecule has 0 bridgehead atoms. The molecular weight excluding hydrogens is 288 g/mol. The maximum Gasteiger partial charge on any atom is 0.321 e. The number of nitro groups is 1. The number of nitrogens with zero attached hydrogens (tertiary/aromatic N) is 4. The summed E-state index contributed by atoms with van der Waals surface area (Å²) < 4.78 is 12.6. The molecule has 0 atom stereocenters. The highest BCUT2D eigenvalue weighted by Gasteiger charge is 2.07. The molecule has 0 aliphatic heterocycles. The number of hydrogen-bond acceptors (Lipinski definition) is 6. The quantitative estimate of drug-likeness (QED) is 0.393. The van der Waals surface area contributed by atoms with Gasteiger partial charge >= 0.3 is 6.01 Å². The smallest absolute Gasteiger partial charge is 0.321 e. The van der Waals surface area contributed by atoms with Crippen LogP contribution in [0.1, 0.15) is 0 Å². The summed E-state index contributed by atoms with van der Waals surface area (Å²) in [4.78, 5) is 10.2. The first-order valence-electron chi connectivity index (χ1n) is 6.54. The summed E-state index contributed by atoms with van der Waals surface area (Å²) in [7, 11) is 0. The monoisotopic (exact) mass is 300 g/mol. The lowest BCUT2D eigenvalue weighted by Gasteiger charge is -2.06. The predicted molar refractivity (Wildman–Crippen MR) is 77.1 cm³/mol. The van der Waals surface area contributed by atoms with Gasteiger partial charge in [-0.15, -0.1) is 5.10 Å². The van der Waals surface area contributed by atoms with Gasteiger partial charge in [-0.25, -0.2) is 0 Å². The first kappa shape index (κ1) is 13.8. The lowest BCUT2D eigenvalue weighted by molar-refractivity contribution is -0.384. The molecule has 0 amide bonds. The fraction of sp³-hybridized carbons (Fsp3) is 0.143. The second-order valence-corrected chi connectivity index (χ2v) is 4.36. The Bertz CT molecular complexity index is 802. The van der Waals surface area contributed by atoms with Crippen LogP contribution in [0.2, 0.25) is 0 Å². The van der Waals surface area contributed by atoms with Gasteiger partial charge in [-0.2, -0.15) is 0 Å². The minimum absolute atomic E-state index is 0.0122. The van der Waals surface area contributed by atoms with Gasteiger partial charge in [0.1, 0.15) is 19.0 Å².